The number of rotatable bonds is 3. The predicted molar refractivity (Wildman–Crippen MR) is 117 cm³/mol. The van der Waals surface area contributed by atoms with Crippen molar-refractivity contribution in [2.24, 2.45) is 0 Å². The Labute approximate surface area is 185 Å². The molecular weight excluding hydrogens is 411 g/mol. The standard InChI is InChI=1S/C24H23FN4O3/c1-16-23(32-21-5-3-2-4-20(21)31-16)24(30)29-12-10-28(11-13-29)22-14-19(26-15-27-22)17-6-8-18(25)9-7-17/h2-9,14-16,23H,10-13H2,1H3. The molecule has 7 nitrogen and oxygen atoms in total. The quantitative estimate of drug-likeness (QED) is 0.631. The molecule has 2 aliphatic heterocycles. The first-order chi connectivity index (χ1) is 15.6. The van der Waals surface area contributed by atoms with E-state index in [0.29, 0.717) is 37.7 Å². The Morgan fingerprint density at radius 2 is 1.66 bits per heavy atom. The molecule has 0 saturated carbocycles. The van der Waals surface area contributed by atoms with Gasteiger partial charge in [0.05, 0.1) is 5.69 Å². The molecule has 1 amide bonds. The molecule has 2 atom stereocenters. The van der Waals surface area contributed by atoms with E-state index in [1.165, 1.54) is 18.5 Å². The second-order valence-corrected chi connectivity index (χ2v) is 7.89. The van der Waals surface area contributed by atoms with Gasteiger partial charge in [-0.15, -0.1) is 0 Å². The van der Waals surface area contributed by atoms with E-state index in [4.69, 9.17) is 9.47 Å². The molecule has 164 valence electrons. The Hall–Kier alpha value is -3.68. The van der Waals surface area contributed by atoms with Crippen molar-refractivity contribution in [1.29, 1.82) is 0 Å². The van der Waals surface area contributed by atoms with Gasteiger partial charge in [-0.25, -0.2) is 14.4 Å². The lowest BCUT2D eigenvalue weighted by molar-refractivity contribution is -0.144. The third-order valence-electron chi connectivity index (χ3n) is 5.79. The van der Waals surface area contributed by atoms with Gasteiger partial charge in [0.15, 0.2) is 11.5 Å². The van der Waals surface area contributed by atoms with Crippen molar-refractivity contribution in [3.63, 3.8) is 0 Å². The zero-order valence-corrected chi connectivity index (χ0v) is 17.6. The molecule has 2 aliphatic rings. The smallest absolute Gasteiger partial charge is 0.267 e. The number of nitrogens with zero attached hydrogens (tertiary/aromatic N) is 4. The summed E-state index contributed by atoms with van der Waals surface area (Å²) in [5.74, 6) is 1.69. The number of para-hydroxylation sites is 2. The molecule has 5 rings (SSSR count). The van der Waals surface area contributed by atoms with E-state index in [2.05, 4.69) is 14.9 Å². The molecule has 0 N–H and O–H groups in total. The third-order valence-corrected chi connectivity index (χ3v) is 5.79. The van der Waals surface area contributed by atoms with Gasteiger partial charge in [0.2, 0.25) is 6.10 Å². The SMILES string of the molecule is CC1Oc2ccccc2OC1C(=O)N1CCN(c2cc(-c3ccc(F)cc3)ncn2)CC1. The number of anilines is 1. The largest absolute Gasteiger partial charge is 0.482 e. The summed E-state index contributed by atoms with van der Waals surface area (Å²) in [7, 11) is 0. The molecule has 1 saturated heterocycles. The molecule has 0 aliphatic carbocycles. The fourth-order valence-corrected chi connectivity index (χ4v) is 4.03. The number of halogens is 1. The zero-order chi connectivity index (χ0) is 22.1. The topological polar surface area (TPSA) is 67.8 Å². The highest BCUT2D eigenvalue weighted by atomic mass is 19.1. The molecule has 2 unspecified atom stereocenters. The van der Waals surface area contributed by atoms with E-state index < -0.39 is 6.10 Å². The summed E-state index contributed by atoms with van der Waals surface area (Å²) >= 11 is 0. The lowest BCUT2D eigenvalue weighted by Gasteiger charge is -2.39. The summed E-state index contributed by atoms with van der Waals surface area (Å²) in [5.41, 5.74) is 1.56. The van der Waals surface area contributed by atoms with E-state index in [0.717, 1.165) is 17.1 Å². The number of hydrogen-bond acceptors (Lipinski definition) is 6. The van der Waals surface area contributed by atoms with Crippen molar-refractivity contribution in [2.45, 2.75) is 19.1 Å². The zero-order valence-electron chi connectivity index (χ0n) is 17.6. The van der Waals surface area contributed by atoms with E-state index in [-0.39, 0.29) is 17.8 Å². The number of amides is 1. The molecule has 8 heteroatoms. The Morgan fingerprint density at radius 3 is 2.38 bits per heavy atom. The molecule has 2 aromatic carbocycles. The van der Waals surface area contributed by atoms with Crippen LogP contribution in [0.1, 0.15) is 6.92 Å². The van der Waals surface area contributed by atoms with Gasteiger partial charge >= 0.3 is 0 Å². The number of ether oxygens (including phenoxy) is 2. The molecule has 3 aromatic rings. The molecule has 0 radical (unpaired) electrons. The second kappa shape index (κ2) is 8.45. The first kappa shape index (κ1) is 20.2. The summed E-state index contributed by atoms with van der Waals surface area (Å²) in [5, 5.41) is 0. The van der Waals surface area contributed by atoms with Gasteiger partial charge in [-0.05, 0) is 43.3 Å². The van der Waals surface area contributed by atoms with Gasteiger partial charge in [0.1, 0.15) is 24.1 Å². The summed E-state index contributed by atoms with van der Waals surface area (Å²) in [6, 6.07) is 15.5. The predicted octanol–water partition coefficient (Wildman–Crippen LogP) is 3.16. The van der Waals surface area contributed by atoms with Crippen molar-refractivity contribution < 1.29 is 18.7 Å². The van der Waals surface area contributed by atoms with Crippen molar-refractivity contribution in [3.8, 4) is 22.8 Å². The van der Waals surface area contributed by atoms with Crippen LogP contribution >= 0.6 is 0 Å². The van der Waals surface area contributed by atoms with Crippen LogP contribution in [0.25, 0.3) is 11.3 Å². The number of carbonyl (C=O) groups excluding carboxylic acids is 1. The number of aromatic nitrogens is 2. The maximum Gasteiger partial charge on any atom is 0.267 e. The highest BCUT2D eigenvalue weighted by molar-refractivity contribution is 5.82. The molecule has 3 heterocycles. The molecule has 0 spiro atoms. The highest BCUT2D eigenvalue weighted by Gasteiger charge is 2.37. The maximum atomic E-state index is 13.2. The Morgan fingerprint density at radius 1 is 0.969 bits per heavy atom. The van der Waals surface area contributed by atoms with Gasteiger partial charge in [0, 0.05) is 37.8 Å². The first-order valence-corrected chi connectivity index (χ1v) is 10.6. The fraction of sp³-hybridized carbons (Fsp3) is 0.292. The summed E-state index contributed by atoms with van der Waals surface area (Å²) < 4.78 is 25.1. The van der Waals surface area contributed by atoms with E-state index in [1.807, 2.05) is 42.2 Å². The number of hydrogen-bond donors (Lipinski definition) is 0. The number of piperazine rings is 1. The Bertz CT molecular complexity index is 1120. The molecular formula is C24H23FN4O3. The van der Waals surface area contributed by atoms with Gasteiger partial charge in [0.25, 0.3) is 5.91 Å². The van der Waals surface area contributed by atoms with Gasteiger partial charge in [-0.1, -0.05) is 12.1 Å². The van der Waals surface area contributed by atoms with Crippen LogP contribution in [0.5, 0.6) is 11.5 Å². The minimum absolute atomic E-state index is 0.0682. The van der Waals surface area contributed by atoms with Gasteiger partial charge in [-0.2, -0.15) is 0 Å². The van der Waals surface area contributed by atoms with Crippen LogP contribution in [0.3, 0.4) is 0 Å². The lowest BCUT2D eigenvalue weighted by Crippen LogP contribution is -2.56. The second-order valence-electron chi connectivity index (χ2n) is 7.89. The van der Waals surface area contributed by atoms with E-state index in [9.17, 15) is 9.18 Å². The number of carbonyl (C=O) groups is 1. The first-order valence-electron chi connectivity index (χ1n) is 10.6. The van der Waals surface area contributed by atoms with E-state index in [1.54, 1.807) is 12.1 Å². The highest BCUT2D eigenvalue weighted by Crippen LogP contribution is 2.34. The van der Waals surface area contributed by atoms with Crippen molar-refractivity contribution in [3.05, 3.63) is 66.7 Å². The average Bonchev–Trinajstić information content (AvgIpc) is 2.84. The summed E-state index contributed by atoms with van der Waals surface area (Å²) in [4.78, 5) is 25.8. The van der Waals surface area contributed by atoms with Crippen LogP contribution in [0.2, 0.25) is 0 Å². The van der Waals surface area contributed by atoms with Crippen molar-refractivity contribution in [2.75, 3.05) is 31.1 Å². The monoisotopic (exact) mass is 434 g/mol. The van der Waals surface area contributed by atoms with Crippen LogP contribution in [0, 0.1) is 5.82 Å². The van der Waals surface area contributed by atoms with Gasteiger partial charge in [-0.3, -0.25) is 4.79 Å². The van der Waals surface area contributed by atoms with Crippen molar-refractivity contribution >= 4 is 11.7 Å². The van der Waals surface area contributed by atoms with E-state index >= 15 is 0 Å². The minimum atomic E-state index is -0.666. The Balaban J connectivity index is 1.24. The average molecular weight is 434 g/mol. The van der Waals surface area contributed by atoms with Crippen LogP contribution in [-0.4, -0.2) is 59.2 Å². The lowest BCUT2D eigenvalue weighted by atomic mass is 10.1. The minimum Gasteiger partial charge on any atom is -0.482 e. The maximum absolute atomic E-state index is 13.2. The number of fused-ring (bicyclic) bond motifs is 1. The van der Waals surface area contributed by atoms with Crippen molar-refractivity contribution in [1.82, 2.24) is 14.9 Å². The normalized spacial score (nSPS) is 20.2. The summed E-state index contributed by atoms with van der Waals surface area (Å²) in [6.45, 7) is 4.26. The number of benzene rings is 2. The molecule has 32 heavy (non-hydrogen) atoms. The molecule has 1 aromatic heterocycles. The van der Waals surface area contributed by atoms with Crippen LogP contribution < -0.4 is 14.4 Å². The third kappa shape index (κ3) is 3.95. The van der Waals surface area contributed by atoms with Gasteiger partial charge < -0.3 is 19.3 Å². The van der Waals surface area contributed by atoms with Crippen LogP contribution in [-0.2, 0) is 4.79 Å². The van der Waals surface area contributed by atoms with Crippen LogP contribution in [0.4, 0.5) is 10.2 Å². The Kier molecular flexibility index (Phi) is 5.34. The summed E-state index contributed by atoms with van der Waals surface area (Å²) in [6.07, 6.45) is 0.480. The van der Waals surface area contributed by atoms with Crippen LogP contribution in [0.15, 0.2) is 60.9 Å². The fourth-order valence-electron chi connectivity index (χ4n) is 4.03. The molecule has 1 fully saturated rings. The molecule has 0 bridgehead atoms.